The highest BCUT2D eigenvalue weighted by Crippen LogP contribution is 2.26. The van der Waals surface area contributed by atoms with Gasteiger partial charge in [-0.05, 0) is 32.4 Å². The van der Waals surface area contributed by atoms with Gasteiger partial charge in [0.1, 0.15) is 0 Å². The Hall–Kier alpha value is -0.870. The smallest absolute Gasteiger partial charge is 0.0785 e. The summed E-state index contributed by atoms with van der Waals surface area (Å²) in [5.41, 5.74) is 1.25. The van der Waals surface area contributed by atoms with Crippen LogP contribution in [0.3, 0.4) is 0 Å². The van der Waals surface area contributed by atoms with Crippen LogP contribution in [0.5, 0.6) is 0 Å². The van der Waals surface area contributed by atoms with Gasteiger partial charge in [0, 0.05) is 19.3 Å². The number of ether oxygens (including phenoxy) is 1. The topological polar surface area (TPSA) is 39.1 Å². The Morgan fingerprint density at radius 2 is 2.56 bits per heavy atom. The van der Waals surface area contributed by atoms with Crippen LogP contribution >= 0.6 is 0 Å². The molecule has 0 radical (unpaired) electrons. The zero-order chi connectivity index (χ0) is 11.4. The number of likely N-dealkylation sites (N-methyl/N-ethyl adjacent to an activating group) is 1. The molecule has 16 heavy (non-hydrogen) atoms. The van der Waals surface area contributed by atoms with Crippen molar-refractivity contribution in [3.63, 3.8) is 0 Å². The highest BCUT2D eigenvalue weighted by atomic mass is 16.5. The zero-order valence-corrected chi connectivity index (χ0v) is 10.1. The Labute approximate surface area is 97.0 Å². The standard InChI is InChI=1S/C12H21N3O/c1-3-8-15-10(6-7-14-15)12(13-2)11-5-4-9-16-11/h6-7,11-13H,3-5,8-9H2,1-2H3. The van der Waals surface area contributed by atoms with E-state index in [-0.39, 0.29) is 6.04 Å². The molecule has 4 nitrogen and oxygen atoms in total. The molecule has 0 spiro atoms. The van der Waals surface area contributed by atoms with E-state index < -0.39 is 0 Å². The van der Waals surface area contributed by atoms with E-state index in [4.69, 9.17) is 4.74 Å². The summed E-state index contributed by atoms with van der Waals surface area (Å²) in [5, 5.41) is 7.73. The number of aromatic nitrogens is 2. The first-order valence-corrected chi connectivity index (χ1v) is 6.17. The molecule has 1 N–H and O–H groups in total. The maximum Gasteiger partial charge on any atom is 0.0785 e. The fourth-order valence-electron chi connectivity index (χ4n) is 2.40. The third-order valence-electron chi connectivity index (χ3n) is 3.15. The van der Waals surface area contributed by atoms with Crippen LogP contribution in [0.15, 0.2) is 12.3 Å². The maximum absolute atomic E-state index is 5.76. The number of hydrogen-bond acceptors (Lipinski definition) is 3. The molecule has 1 aliphatic rings. The van der Waals surface area contributed by atoms with Crippen molar-refractivity contribution in [1.29, 1.82) is 0 Å². The summed E-state index contributed by atoms with van der Waals surface area (Å²) >= 11 is 0. The quantitative estimate of drug-likeness (QED) is 0.826. The molecule has 2 atom stereocenters. The Morgan fingerprint density at radius 3 is 3.19 bits per heavy atom. The predicted molar refractivity (Wildman–Crippen MR) is 63.3 cm³/mol. The molecule has 1 aromatic heterocycles. The lowest BCUT2D eigenvalue weighted by Gasteiger charge is -2.23. The van der Waals surface area contributed by atoms with Crippen molar-refractivity contribution >= 4 is 0 Å². The van der Waals surface area contributed by atoms with Gasteiger partial charge in [0.25, 0.3) is 0 Å². The molecule has 0 saturated carbocycles. The fraction of sp³-hybridized carbons (Fsp3) is 0.750. The first-order valence-electron chi connectivity index (χ1n) is 6.17. The van der Waals surface area contributed by atoms with Crippen molar-refractivity contribution in [2.75, 3.05) is 13.7 Å². The molecule has 1 fully saturated rings. The van der Waals surface area contributed by atoms with Gasteiger partial charge in [0.2, 0.25) is 0 Å². The summed E-state index contributed by atoms with van der Waals surface area (Å²) < 4.78 is 7.85. The summed E-state index contributed by atoms with van der Waals surface area (Å²) in [6.07, 6.45) is 5.60. The van der Waals surface area contributed by atoms with Gasteiger partial charge in [-0.1, -0.05) is 6.92 Å². The van der Waals surface area contributed by atoms with Crippen molar-refractivity contribution in [3.05, 3.63) is 18.0 Å². The summed E-state index contributed by atoms with van der Waals surface area (Å²) in [6, 6.07) is 2.37. The van der Waals surface area contributed by atoms with E-state index in [0.717, 1.165) is 26.0 Å². The summed E-state index contributed by atoms with van der Waals surface area (Å²) in [7, 11) is 2.00. The first kappa shape index (κ1) is 11.6. The van der Waals surface area contributed by atoms with Gasteiger partial charge in [0.15, 0.2) is 0 Å². The lowest BCUT2D eigenvalue weighted by Crippen LogP contribution is -2.31. The summed E-state index contributed by atoms with van der Waals surface area (Å²) in [6.45, 7) is 4.05. The molecule has 2 rings (SSSR count). The Bertz CT molecular complexity index is 318. The van der Waals surface area contributed by atoms with Crippen LogP contribution in [0.2, 0.25) is 0 Å². The second-order valence-electron chi connectivity index (χ2n) is 4.30. The zero-order valence-electron chi connectivity index (χ0n) is 10.1. The number of hydrogen-bond donors (Lipinski definition) is 1. The van der Waals surface area contributed by atoms with Gasteiger partial charge >= 0.3 is 0 Å². The average Bonchev–Trinajstić information content (AvgIpc) is 2.92. The molecule has 2 unspecified atom stereocenters. The number of nitrogens with one attached hydrogen (secondary N) is 1. The molecular formula is C12H21N3O. The molecule has 1 saturated heterocycles. The highest BCUT2D eigenvalue weighted by molar-refractivity contribution is 5.09. The van der Waals surface area contributed by atoms with Gasteiger partial charge in [-0.3, -0.25) is 4.68 Å². The molecule has 0 bridgehead atoms. The number of aryl methyl sites for hydroxylation is 1. The Kier molecular flexibility index (Phi) is 3.96. The van der Waals surface area contributed by atoms with Crippen LogP contribution in [0.1, 0.15) is 37.9 Å². The van der Waals surface area contributed by atoms with Crippen molar-refractivity contribution in [3.8, 4) is 0 Å². The molecule has 0 amide bonds. The molecule has 0 aromatic carbocycles. The lowest BCUT2D eigenvalue weighted by molar-refractivity contribution is 0.0779. The number of rotatable bonds is 5. The minimum Gasteiger partial charge on any atom is -0.376 e. The van der Waals surface area contributed by atoms with Crippen LogP contribution in [0, 0.1) is 0 Å². The number of nitrogens with zero attached hydrogens (tertiary/aromatic N) is 2. The van der Waals surface area contributed by atoms with Crippen molar-refractivity contribution in [2.24, 2.45) is 0 Å². The molecule has 2 heterocycles. The molecular weight excluding hydrogens is 202 g/mol. The van der Waals surface area contributed by atoms with Crippen LogP contribution in [-0.4, -0.2) is 29.5 Å². The second-order valence-corrected chi connectivity index (χ2v) is 4.30. The third-order valence-corrected chi connectivity index (χ3v) is 3.15. The minimum absolute atomic E-state index is 0.275. The van der Waals surface area contributed by atoms with E-state index >= 15 is 0 Å². The van der Waals surface area contributed by atoms with Crippen LogP contribution in [-0.2, 0) is 11.3 Å². The summed E-state index contributed by atoms with van der Waals surface area (Å²) in [5.74, 6) is 0. The molecule has 4 heteroatoms. The Balaban J connectivity index is 2.15. The van der Waals surface area contributed by atoms with E-state index in [1.54, 1.807) is 0 Å². The highest BCUT2D eigenvalue weighted by Gasteiger charge is 2.28. The van der Waals surface area contributed by atoms with Gasteiger partial charge in [-0.25, -0.2) is 0 Å². The van der Waals surface area contributed by atoms with E-state index in [1.165, 1.54) is 12.1 Å². The third kappa shape index (κ3) is 2.28. The van der Waals surface area contributed by atoms with E-state index in [1.807, 2.05) is 13.2 Å². The summed E-state index contributed by atoms with van der Waals surface area (Å²) in [4.78, 5) is 0. The normalized spacial score (nSPS) is 22.5. The first-order chi connectivity index (χ1) is 7.86. The molecule has 0 aliphatic carbocycles. The van der Waals surface area contributed by atoms with Crippen LogP contribution in [0.25, 0.3) is 0 Å². The van der Waals surface area contributed by atoms with Crippen molar-refractivity contribution in [2.45, 2.75) is 44.9 Å². The van der Waals surface area contributed by atoms with Crippen LogP contribution < -0.4 is 5.32 Å². The molecule has 90 valence electrons. The second kappa shape index (κ2) is 5.46. The average molecular weight is 223 g/mol. The molecule has 1 aliphatic heterocycles. The molecule has 1 aromatic rings. The minimum atomic E-state index is 0.275. The van der Waals surface area contributed by atoms with Crippen molar-refractivity contribution < 1.29 is 4.74 Å². The van der Waals surface area contributed by atoms with E-state index in [9.17, 15) is 0 Å². The monoisotopic (exact) mass is 223 g/mol. The SMILES string of the molecule is CCCn1nccc1C(NC)C1CCCO1. The van der Waals surface area contributed by atoms with Gasteiger partial charge in [-0.15, -0.1) is 0 Å². The maximum atomic E-state index is 5.76. The fourth-order valence-corrected chi connectivity index (χ4v) is 2.40. The van der Waals surface area contributed by atoms with Gasteiger partial charge in [-0.2, -0.15) is 5.10 Å². The van der Waals surface area contributed by atoms with Crippen LogP contribution in [0.4, 0.5) is 0 Å². The van der Waals surface area contributed by atoms with E-state index in [0.29, 0.717) is 6.10 Å². The van der Waals surface area contributed by atoms with Crippen molar-refractivity contribution in [1.82, 2.24) is 15.1 Å². The largest absolute Gasteiger partial charge is 0.376 e. The lowest BCUT2D eigenvalue weighted by atomic mass is 10.0. The Morgan fingerprint density at radius 1 is 1.69 bits per heavy atom. The van der Waals surface area contributed by atoms with E-state index in [2.05, 4.69) is 28.1 Å². The predicted octanol–water partition coefficient (Wildman–Crippen LogP) is 1.73. The van der Waals surface area contributed by atoms with Gasteiger partial charge < -0.3 is 10.1 Å². The van der Waals surface area contributed by atoms with Gasteiger partial charge in [0.05, 0.1) is 17.8 Å².